The third-order valence-corrected chi connectivity index (χ3v) is 5.03. The number of ether oxygens (including phenoxy) is 1. The Labute approximate surface area is 158 Å². The Hall–Kier alpha value is -3.18. The van der Waals surface area contributed by atoms with Gasteiger partial charge in [-0.05, 0) is 23.8 Å². The first-order chi connectivity index (χ1) is 13.4. The van der Waals surface area contributed by atoms with Crippen LogP contribution in [0, 0.1) is 0 Å². The van der Waals surface area contributed by atoms with Crippen LogP contribution in [0.25, 0.3) is 33.6 Å². The van der Waals surface area contributed by atoms with E-state index in [0.29, 0.717) is 0 Å². The zero-order valence-corrected chi connectivity index (χ0v) is 14.9. The molecule has 134 valence electrons. The second-order valence-electron chi connectivity index (χ2n) is 6.66. The molecule has 1 N–H and O–H groups in total. The van der Waals surface area contributed by atoms with Crippen molar-refractivity contribution in [2.24, 2.45) is 0 Å². The van der Waals surface area contributed by atoms with Crippen LogP contribution in [0.3, 0.4) is 0 Å². The van der Waals surface area contributed by atoms with Crippen molar-refractivity contribution in [2.45, 2.75) is 0 Å². The zero-order valence-electron chi connectivity index (χ0n) is 14.9. The van der Waals surface area contributed by atoms with Crippen molar-refractivity contribution in [3.63, 3.8) is 0 Å². The fraction of sp³-hybridized carbons (Fsp3) is 0.182. The number of rotatable bonds is 3. The zero-order chi connectivity index (χ0) is 18.1. The molecule has 3 aliphatic heterocycles. The fourth-order valence-electron chi connectivity index (χ4n) is 3.64. The quantitative estimate of drug-likeness (QED) is 0.601. The summed E-state index contributed by atoms with van der Waals surface area (Å²) in [5.74, 6) is 1.01. The predicted octanol–water partition coefficient (Wildman–Crippen LogP) is 4.08. The van der Waals surface area contributed by atoms with Gasteiger partial charge in [0.2, 0.25) is 0 Å². The topological polar surface area (TPSA) is 54.0 Å². The first-order valence-corrected chi connectivity index (χ1v) is 9.21. The molecule has 1 aromatic heterocycles. The number of pyridine rings is 2. The molecule has 5 nitrogen and oxygen atoms in total. The van der Waals surface area contributed by atoms with Crippen molar-refractivity contribution in [1.29, 1.82) is 0 Å². The van der Waals surface area contributed by atoms with Gasteiger partial charge in [-0.25, -0.2) is 4.98 Å². The Morgan fingerprint density at radius 1 is 0.889 bits per heavy atom. The van der Waals surface area contributed by atoms with E-state index in [1.807, 2.05) is 30.6 Å². The predicted molar refractivity (Wildman–Crippen MR) is 107 cm³/mol. The van der Waals surface area contributed by atoms with Gasteiger partial charge in [0.1, 0.15) is 5.82 Å². The fourth-order valence-corrected chi connectivity index (χ4v) is 3.64. The molecule has 0 unspecified atom stereocenters. The van der Waals surface area contributed by atoms with E-state index >= 15 is 0 Å². The third-order valence-electron chi connectivity index (χ3n) is 5.03. The molecule has 4 heterocycles. The molecule has 0 aliphatic carbocycles. The molecule has 0 saturated carbocycles. The second kappa shape index (κ2) is 6.85. The van der Waals surface area contributed by atoms with Gasteiger partial charge in [0, 0.05) is 48.4 Å². The van der Waals surface area contributed by atoms with Gasteiger partial charge in [-0.1, -0.05) is 30.3 Å². The molecule has 0 atom stereocenters. The molecule has 1 saturated heterocycles. The number of nitrogens with zero attached hydrogens (tertiary/aromatic N) is 3. The molecule has 3 aliphatic rings. The van der Waals surface area contributed by atoms with E-state index in [-0.39, 0.29) is 0 Å². The number of nitrogens with one attached hydrogen (secondary N) is 1. The van der Waals surface area contributed by atoms with Gasteiger partial charge >= 0.3 is 0 Å². The summed E-state index contributed by atoms with van der Waals surface area (Å²) < 4.78 is 5.50. The van der Waals surface area contributed by atoms with Crippen molar-refractivity contribution in [1.82, 2.24) is 15.0 Å². The van der Waals surface area contributed by atoms with E-state index in [4.69, 9.17) is 9.72 Å². The minimum absolute atomic E-state index is 0.748. The molecule has 2 aromatic rings. The van der Waals surface area contributed by atoms with Crippen LogP contribution in [0.2, 0.25) is 0 Å². The lowest BCUT2D eigenvalue weighted by atomic mass is 9.98. The average molecular weight is 356 g/mol. The Balaban J connectivity index is 1.70. The number of aromatic nitrogens is 3. The van der Waals surface area contributed by atoms with Gasteiger partial charge < -0.3 is 14.6 Å². The number of aromatic amines is 1. The maximum atomic E-state index is 5.50. The number of hydrogen-bond donors (Lipinski definition) is 1. The first-order valence-electron chi connectivity index (χ1n) is 9.21. The van der Waals surface area contributed by atoms with E-state index in [0.717, 1.165) is 65.8 Å². The molecule has 27 heavy (non-hydrogen) atoms. The molecule has 0 amide bonds. The van der Waals surface area contributed by atoms with Gasteiger partial charge in [0.05, 0.1) is 24.6 Å². The van der Waals surface area contributed by atoms with E-state index in [1.54, 1.807) is 0 Å². The number of H-pyrrole nitrogens is 1. The maximum Gasteiger partial charge on any atom is 0.130 e. The molecule has 5 heteroatoms. The SMILES string of the molecule is c1ccc(-c2c[nH]c(-c3ccncc3)c3cc(N4CCOCC4)nc2-3)cc1. The Kier molecular flexibility index (Phi) is 4.07. The number of fused-ring (bicyclic) bond motifs is 1. The summed E-state index contributed by atoms with van der Waals surface area (Å²) in [6, 6.07) is 16.6. The van der Waals surface area contributed by atoms with Crippen LogP contribution in [0.4, 0.5) is 5.82 Å². The minimum atomic E-state index is 0.748. The lowest BCUT2D eigenvalue weighted by molar-refractivity contribution is 0.122. The monoisotopic (exact) mass is 356 g/mol. The Morgan fingerprint density at radius 2 is 1.67 bits per heavy atom. The van der Waals surface area contributed by atoms with Crippen molar-refractivity contribution < 1.29 is 4.74 Å². The second-order valence-corrected chi connectivity index (χ2v) is 6.66. The number of morpholine rings is 1. The van der Waals surface area contributed by atoms with Gasteiger partial charge in [-0.15, -0.1) is 0 Å². The maximum absolute atomic E-state index is 5.50. The van der Waals surface area contributed by atoms with Crippen molar-refractivity contribution in [3.05, 3.63) is 67.1 Å². The van der Waals surface area contributed by atoms with Crippen LogP contribution in [-0.4, -0.2) is 41.3 Å². The number of anilines is 1. The van der Waals surface area contributed by atoms with Crippen molar-refractivity contribution in [3.8, 4) is 33.6 Å². The largest absolute Gasteiger partial charge is 0.378 e. The highest BCUT2D eigenvalue weighted by molar-refractivity contribution is 5.91. The van der Waals surface area contributed by atoms with Crippen molar-refractivity contribution in [2.75, 3.05) is 31.2 Å². The lowest BCUT2D eigenvalue weighted by Gasteiger charge is -2.26. The molecular formula is C22H20N4O. The Morgan fingerprint density at radius 3 is 2.44 bits per heavy atom. The highest BCUT2D eigenvalue weighted by atomic mass is 16.5. The van der Waals surface area contributed by atoms with Crippen LogP contribution in [0.5, 0.6) is 0 Å². The summed E-state index contributed by atoms with van der Waals surface area (Å²) >= 11 is 0. The van der Waals surface area contributed by atoms with Crippen LogP contribution < -0.4 is 4.90 Å². The van der Waals surface area contributed by atoms with Gasteiger partial charge in [0.25, 0.3) is 0 Å². The molecule has 5 rings (SSSR count). The Bertz CT molecular complexity index is 934. The highest BCUT2D eigenvalue weighted by Gasteiger charge is 2.23. The van der Waals surface area contributed by atoms with Crippen LogP contribution >= 0.6 is 0 Å². The molecular weight excluding hydrogens is 336 g/mol. The normalized spacial score (nSPS) is 14.6. The molecule has 0 radical (unpaired) electrons. The summed E-state index contributed by atoms with van der Waals surface area (Å²) in [7, 11) is 0. The van der Waals surface area contributed by atoms with E-state index in [2.05, 4.69) is 51.4 Å². The first kappa shape index (κ1) is 16.0. The summed E-state index contributed by atoms with van der Waals surface area (Å²) in [5, 5.41) is 0. The van der Waals surface area contributed by atoms with Gasteiger partial charge in [-0.2, -0.15) is 0 Å². The summed E-state index contributed by atoms with van der Waals surface area (Å²) in [4.78, 5) is 15.0. The van der Waals surface area contributed by atoms with Gasteiger partial charge in [0.15, 0.2) is 0 Å². The van der Waals surface area contributed by atoms with E-state index in [1.165, 1.54) is 0 Å². The summed E-state index contributed by atoms with van der Waals surface area (Å²) in [6.45, 7) is 3.24. The van der Waals surface area contributed by atoms with Crippen LogP contribution in [-0.2, 0) is 4.74 Å². The van der Waals surface area contributed by atoms with Crippen molar-refractivity contribution >= 4 is 5.82 Å². The molecule has 0 spiro atoms. The highest BCUT2D eigenvalue weighted by Crippen LogP contribution is 2.40. The average Bonchev–Trinajstić information content (AvgIpc) is 3.20. The molecule has 1 aromatic carbocycles. The smallest absolute Gasteiger partial charge is 0.130 e. The third kappa shape index (κ3) is 2.96. The van der Waals surface area contributed by atoms with Crippen LogP contribution in [0.1, 0.15) is 0 Å². The van der Waals surface area contributed by atoms with Crippen LogP contribution in [0.15, 0.2) is 67.1 Å². The standard InChI is InChI=1S/C22H20N4O/c1-2-4-16(5-3-1)19-15-24-21(17-6-8-23-9-7-17)18-14-20(25-22(18)19)26-10-12-27-13-11-26/h1-9,14-15,24H,10-13H2. The summed E-state index contributed by atoms with van der Waals surface area (Å²) in [5.41, 5.74) is 6.60. The molecule has 0 bridgehead atoms. The summed E-state index contributed by atoms with van der Waals surface area (Å²) in [6.07, 6.45) is 5.70. The van der Waals surface area contributed by atoms with E-state index < -0.39 is 0 Å². The number of benzene rings is 1. The lowest BCUT2D eigenvalue weighted by Crippen LogP contribution is -2.36. The van der Waals surface area contributed by atoms with E-state index in [9.17, 15) is 0 Å². The minimum Gasteiger partial charge on any atom is -0.378 e. The van der Waals surface area contributed by atoms with Gasteiger partial charge in [-0.3, -0.25) is 4.98 Å². The molecule has 1 fully saturated rings. The number of hydrogen-bond acceptors (Lipinski definition) is 4.